The average molecular weight is 166 g/mol. The lowest BCUT2D eigenvalue weighted by Gasteiger charge is -2.30. The molecular formula is C10H18N2. The number of hydrogen-bond donors (Lipinski definition) is 1. The van der Waals surface area contributed by atoms with Crippen LogP contribution in [0, 0.1) is 17.2 Å². The Bertz CT molecular complexity index is 179. The highest BCUT2D eigenvalue weighted by Crippen LogP contribution is 2.19. The van der Waals surface area contributed by atoms with Crippen molar-refractivity contribution >= 4 is 0 Å². The first-order valence-electron chi connectivity index (χ1n) is 4.40. The van der Waals surface area contributed by atoms with Crippen molar-refractivity contribution in [2.45, 2.75) is 32.7 Å². The molecule has 0 aliphatic carbocycles. The number of nitriles is 1. The highest BCUT2D eigenvalue weighted by molar-refractivity contribution is 5.09. The third-order valence-corrected chi connectivity index (χ3v) is 2.30. The van der Waals surface area contributed by atoms with E-state index in [1.54, 1.807) is 6.08 Å². The van der Waals surface area contributed by atoms with E-state index >= 15 is 0 Å². The summed E-state index contributed by atoms with van der Waals surface area (Å²) in [5.74, 6) is 0.326. The normalized spacial score (nSPS) is 15.2. The van der Waals surface area contributed by atoms with Gasteiger partial charge in [0.25, 0.3) is 0 Å². The highest BCUT2D eigenvalue weighted by Gasteiger charge is 2.30. The van der Waals surface area contributed by atoms with Crippen LogP contribution in [0.4, 0.5) is 0 Å². The molecule has 0 rings (SSSR count). The molecule has 0 radical (unpaired) electrons. The number of hydrogen-bond acceptors (Lipinski definition) is 2. The second-order valence-electron chi connectivity index (χ2n) is 3.26. The predicted octanol–water partition coefficient (Wildman–Crippen LogP) is 2.09. The van der Waals surface area contributed by atoms with Gasteiger partial charge >= 0.3 is 0 Å². The van der Waals surface area contributed by atoms with Crippen molar-refractivity contribution in [2.75, 3.05) is 6.54 Å². The fourth-order valence-corrected chi connectivity index (χ4v) is 1.24. The lowest BCUT2D eigenvalue weighted by molar-refractivity contribution is 0.312. The molecule has 0 amide bonds. The summed E-state index contributed by atoms with van der Waals surface area (Å²) in [6, 6.07) is 2.34. The van der Waals surface area contributed by atoms with Crippen LogP contribution < -0.4 is 5.32 Å². The fourth-order valence-electron chi connectivity index (χ4n) is 1.24. The molecule has 1 N–H and O–H groups in total. The molecule has 0 bridgehead atoms. The summed E-state index contributed by atoms with van der Waals surface area (Å²) in [7, 11) is 0. The van der Waals surface area contributed by atoms with Crippen LogP contribution in [0.1, 0.15) is 27.2 Å². The van der Waals surface area contributed by atoms with E-state index in [2.05, 4.69) is 31.8 Å². The molecule has 0 saturated heterocycles. The van der Waals surface area contributed by atoms with Crippen molar-refractivity contribution in [3.8, 4) is 6.07 Å². The fraction of sp³-hybridized carbons (Fsp3) is 0.700. The topological polar surface area (TPSA) is 35.8 Å². The zero-order valence-electron chi connectivity index (χ0n) is 8.22. The van der Waals surface area contributed by atoms with Gasteiger partial charge in [0.2, 0.25) is 0 Å². The molecule has 0 aromatic heterocycles. The van der Waals surface area contributed by atoms with Gasteiger partial charge < -0.3 is 0 Å². The van der Waals surface area contributed by atoms with Crippen LogP contribution >= 0.6 is 0 Å². The smallest absolute Gasteiger partial charge is 0.109 e. The summed E-state index contributed by atoms with van der Waals surface area (Å²) in [5.41, 5.74) is -0.381. The molecule has 0 saturated carbocycles. The van der Waals surface area contributed by atoms with E-state index in [1.165, 1.54) is 0 Å². The molecule has 2 heteroatoms. The van der Waals surface area contributed by atoms with E-state index < -0.39 is 0 Å². The van der Waals surface area contributed by atoms with E-state index in [1.807, 2.05) is 6.92 Å². The molecule has 0 aromatic carbocycles. The molecule has 0 fully saturated rings. The third-order valence-electron chi connectivity index (χ3n) is 2.30. The molecule has 0 heterocycles. The lowest BCUT2D eigenvalue weighted by Crippen LogP contribution is -2.47. The van der Waals surface area contributed by atoms with Gasteiger partial charge in [0.1, 0.15) is 5.54 Å². The van der Waals surface area contributed by atoms with Gasteiger partial charge in [-0.3, -0.25) is 5.32 Å². The number of nitrogens with zero attached hydrogens (tertiary/aromatic N) is 1. The second kappa shape index (κ2) is 4.95. The Morgan fingerprint density at radius 1 is 1.67 bits per heavy atom. The van der Waals surface area contributed by atoms with Gasteiger partial charge in [0.15, 0.2) is 0 Å². The SMILES string of the molecule is C=CCNC(C#N)(CC)C(C)C. The monoisotopic (exact) mass is 166 g/mol. The number of rotatable bonds is 5. The Hall–Kier alpha value is -0.810. The molecule has 0 aromatic rings. The molecule has 0 aliphatic heterocycles. The molecule has 1 atom stereocenters. The van der Waals surface area contributed by atoms with Gasteiger partial charge in [-0.2, -0.15) is 5.26 Å². The molecule has 1 unspecified atom stereocenters. The van der Waals surface area contributed by atoms with Crippen molar-refractivity contribution in [1.82, 2.24) is 5.32 Å². The summed E-state index contributed by atoms with van der Waals surface area (Å²) in [4.78, 5) is 0. The quantitative estimate of drug-likeness (QED) is 0.635. The standard InChI is InChI=1S/C10H18N2/c1-5-7-12-10(6-2,8-11)9(3)4/h5,9,12H,1,6-7H2,2-4H3. The Labute approximate surface area is 75.3 Å². The minimum Gasteiger partial charge on any atom is -0.296 e. The van der Waals surface area contributed by atoms with Crippen LogP contribution in [0.3, 0.4) is 0 Å². The first kappa shape index (κ1) is 11.2. The van der Waals surface area contributed by atoms with Crippen LogP contribution in [0.2, 0.25) is 0 Å². The molecule has 0 spiro atoms. The Morgan fingerprint density at radius 3 is 2.50 bits per heavy atom. The van der Waals surface area contributed by atoms with Crippen LogP contribution in [0.5, 0.6) is 0 Å². The van der Waals surface area contributed by atoms with Gasteiger partial charge in [-0.05, 0) is 12.3 Å². The zero-order chi connectivity index (χ0) is 9.61. The van der Waals surface area contributed by atoms with Crippen LogP contribution in [-0.2, 0) is 0 Å². The van der Waals surface area contributed by atoms with E-state index in [0.29, 0.717) is 12.5 Å². The van der Waals surface area contributed by atoms with Gasteiger partial charge in [-0.1, -0.05) is 26.8 Å². The maximum atomic E-state index is 9.03. The maximum Gasteiger partial charge on any atom is 0.109 e. The van der Waals surface area contributed by atoms with Crippen LogP contribution in [-0.4, -0.2) is 12.1 Å². The highest BCUT2D eigenvalue weighted by atomic mass is 15.0. The zero-order valence-corrected chi connectivity index (χ0v) is 8.22. The van der Waals surface area contributed by atoms with E-state index in [-0.39, 0.29) is 5.54 Å². The van der Waals surface area contributed by atoms with Crippen molar-refractivity contribution in [1.29, 1.82) is 5.26 Å². The Balaban J connectivity index is 4.38. The van der Waals surface area contributed by atoms with Gasteiger partial charge in [0.05, 0.1) is 6.07 Å². The molecule has 2 nitrogen and oxygen atoms in total. The predicted molar refractivity (Wildman–Crippen MR) is 51.7 cm³/mol. The summed E-state index contributed by atoms with van der Waals surface area (Å²) >= 11 is 0. The first-order chi connectivity index (χ1) is 5.63. The van der Waals surface area contributed by atoms with E-state index in [0.717, 1.165) is 6.42 Å². The van der Waals surface area contributed by atoms with Crippen molar-refractivity contribution in [3.05, 3.63) is 12.7 Å². The molecule has 68 valence electrons. The minimum absolute atomic E-state index is 0.326. The second-order valence-corrected chi connectivity index (χ2v) is 3.26. The summed E-state index contributed by atoms with van der Waals surface area (Å²) in [6.07, 6.45) is 2.61. The summed E-state index contributed by atoms with van der Waals surface area (Å²) < 4.78 is 0. The van der Waals surface area contributed by atoms with Gasteiger partial charge in [-0.15, -0.1) is 6.58 Å². The van der Waals surface area contributed by atoms with Gasteiger partial charge in [-0.25, -0.2) is 0 Å². The van der Waals surface area contributed by atoms with E-state index in [4.69, 9.17) is 5.26 Å². The molecular weight excluding hydrogens is 148 g/mol. The Kier molecular flexibility index (Phi) is 4.61. The summed E-state index contributed by atoms with van der Waals surface area (Å²) in [5, 5.41) is 12.2. The summed E-state index contributed by atoms with van der Waals surface area (Å²) in [6.45, 7) is 10.5. The largest absolute Gasteiger partial charge is 0.296 e. The first-order valence-corrected chi connectivity index (χ1v) is 4.40. The average Bonchev–Trinajstić information content (AvgIpc) is 2.07. The molecule has 12 heavy (non-hydrogen) atoms. The molecule has 0 aliphatic rings. The Morgan fingerprint density at radius 2 is 2.25 bits per heavy atom. The van der Waals surface area contributed by atoms with Crippen LogP contribution in [0.25, 0.3) is 0 Å². The van der Waals surface area contributed by atoms with Crippen molar-refractivity contribution in [3.63, 3.8) is 0 Å². The van der Waals surface area contributed by atoms with Crippen molar-refractivity contribution in [2.24, 2.45) is 5.92 Å². The third kappa shape index (κ3) is 2.35. The maximum absolute atomic E-state index is 9.03. The number of nitrogens with one attached hydrogen (secondary N) is 1. The van der Waals surface area contributed by atoms with Crippen LogP contribution in [0.15, 0.2) is 12.7 Å². The lowest BCUT2D eigenvalue weighted by atomic mass is 9.85. The van der Waals surface area contributed by atoms with Crippen molar-refractivity contribution < 1.29 is 0 Å². The van der Waals surface area contributed by atoms with E-state index in [9.17, 15) is 0 Å². The minimum atomic E-state index is -0.381. The van der Waals surface area contributed by atoms with Gasteiger partial charge in [0, 0.05) is 6.54 Å².